The van der Waals surface area contributed by atoms with Gasteiger partial charge in [0.1, 0.15) is 5.82 Å². The Bertz CT molecular complexity index is 661. The molecule has 0 amide bonds. The Morgan fingerprint density at radius 1 is 1.17 bits per heavy atom. The van der Waals surface area contributed by atoms with Gasteiger partial charge in [-0.05, 0) is 37.0 Å². The first kappa shape index (κ1) is 16.2. The molecule has 3 rings (SSSR count). The van der Waals surface area contributed by atoms with E-state index in [-0.39, 0.29) is 6.61 Å². The molecule has 1 aliphatic rings. The Morgan fingerprint density at radius 3 is 2.78 bits per heavy atom. The van der Waals surface area contributed by atoms with Crippen LogP contribution in [-0.4, -0.2) is 28.2 Å². The van der Waals surface area contributed by atoms with Crippen molar-refractivity contribution in [2.45, 2.75) is 31.7 Å². The quantitative estimate of drug-likeness (QED) is 0.614. The molecule has 1 saturated carbocycles. The van der Waals surface area contributed by atoms with Crippen LogP contribution in [0.3, 0.4) is 0 Å². The Labute approximate surface area is 144 Å². The third-order valence-electron chi connectivity index (χ3n) is 3.72. The summed E-state index contributed by atoms with van der Waals surface area (Å²) in [4.78, 5) is 9.11. The van der Waals surface area contributed by atoms with Crippen LogP contribution < -0.4 is 10.6 Å². The molecule has 0 saturated heterocycles. The summed E-state index contributed by atoms with van der Waals surface area (Å²) in [5, 5.41) is 15.5. The SMILES string of the molecule is OCCCNc1nc(NCc2cccc(Br)c2)cc(C2CC2)n1. The molecule has 23 heavy (non-hydrogen) atoms. The van der Waals surface area contributed by atoms with Crippen molar-refractivity contribution in [3.05, 3.63) is 46.1 Å². The van der Waals surface area contributed by atoms with Gasteiger partial charge in [0.2, 0.25) is 5.95 Å². The number of aliphatic hydroxyl groups excluding tert-OH is 1. The van der Waals surface area contributed by atoms with Gasteiger partial charge in [0.05, 0.1) is 5.69 Å². The van der Waals surface area contributed by atoms with Crippen LogP contribution in [0, 0.1) is 0 Å². The van der Waals surface area contributed by atoms with Crippen LogP contribution in [0.4, 0.5) is 11.8 Å². The van der Waals surface area contributed by atoms with E-state index in [0.29, 0.717) is 24.8 Å². The number of aromatic nitrogens is 2. The van der Waals surface area contributed by atoms with E-state index in [2.05, 4.69) is 48.7 Å². The van der Waals surface area contributed by atoms with Crippen molar-refractivity contribution in [3.63, 3.8) is 0 Å². The van der Waals surface area contributed by atoms with Crippen molar-refractivity contribution in [1.82, 2.24) is 9.97 Å². The third kappa shape index (κ3) is 4.91. The largest absolute Gasteiger partial charge is 0.396 e. The molecular weight excluding hydrogens is 356 g/mol. The van der Waals surface area contributed by atoms with Crippen LogP contribution in [0.1, 0.15) is 36.4 Å². The van der Waals surface area contributed by atoms with Gasteiger partial charge in [-0.25, -0.2) is 4.98 Å². The molecule has 0 bridgehead atoms. The lowest BCUT2D eigenvalue weighted by Gasteiger charge is -2.11. The van der Waals surface area contributed by atoms with E-state index in [0.717, 1.165) is 22.5 Å². The molecule has 0 aliphatic heterocycles. The molecule has 6 heteroatoms. The van der Waals surface area contributed by atoms with Gasteiger partial charge in [0.15, 0.2) is 0 Å². The van der Waals surface area contributed by atoms with E-state index in [4.69, 9.17) is 5.11 Å². The van der Waals surface area contributed by atoms with Gasteiger partial charge in [-0.2, -0.15) is 4.98 Å². The second kappa shape index (κ2) is 7.75. The minimum atomic E-state index is 0.170. The lowest BCUT2D eigenvalue weighted by Crippen LogP contribution is -2.10. The van der Waals surface area contributed by atoms with Gasteiger partial charge in [-0.15, -0.1) is 0 Å². The van der Waals surface area contributed by atoms with Crippen molar-refractivity contribution >= 4 is 27.7 Å². The normalized spacial score (nSPS) is 13.8. The lowest BCUT2D eigenvalue weighted by molar-refractivity contribution is 0.292. The molecule has 1 aromatic carbocycles. The highest BCUT2D eigenvalue weighted by atomic mass is 79.9. The van der Waals surface area contributed by atoms with Gasteiger partial charge >= 0.3 is 0 Å². The summed E-state index contributed by atoms with van der Waals surface area (Å²) in [5.74, 6) is 2.05. The summed E-state index contributed by atoms with van der Waals surface area (Å²) in [6, 6.07) is 10.3. The van der Waals surface area contributed by atoms with Crippen molar-refractivity contribution < 1.29 is 5.11 Å². The molecule has 2 aromatic rings. The molecule has 1 heterocycles. The van der Waals surface area contributed by atoms with Crippen LogP contribution in [0.5, 0.6) is 0 Å². The smallest absolute Gasteiger partial charge is 0.224 e. The zero-order valence-corrected chi connectivity index (χ0v) is 14.5. The first-order valence-electron chi connectivity index (χ1n) is 7.96. The Hall–Kier alpha value is -1.66. The summed E-state index contributed by atoms with van der Waals surface area (Å²) in [7, 11) is 0. The van der Waals surface area contributed by atoms with E-state index in [1.54, 1.807) is 0 Å². The highest BCUT2D eigenvalue weighted by Crippen LogP contribution is 2.39. The van der Waals surface area contributed by atoms with Gasteiger partial charge in [0.25, 0.3) is 0 Å². The Balaban J connectivity index is 1.69. The first-order valence-corrected chi connectivity index (χ1v) is 8.76. The lowest BCUT2D eigenvalue weighted by atomic mass is 10.2. The molecule has 0 unspecified atom stereocenters. The van der Waals surface area contributed by atoms with Gasteiger partial charge in [0, 0.05) is 36.2 Å². The minimum absolute atomic E-state index is 0.170. The average Bonchev–Trinajstić information content (AvgIpc) is 3.38. The number of hydrogen-bond donors (Lipinski definition) is 3. The zero-order chi connectivity index (χ0) is 16.1. The fraction of sp³-hybridized carbons (Fsp3) is 0.412. The molecule has 3 N–H and O–H groups in total. The molecule has 5 nitrogen and oxygen atoms in total. The van der Waals surface area contributed by atoms with Crippen molar-refractivity contribution in [2.24, 2.45) is 0 Å². The number of nitrogens with one attached hydrogen (secondary N) is 2. The second-order valence-electron chi connectivity index (χ2n) is 5.76. The maximum Gasteiger partial charge on any atom is 0.224 e. The molecule has 0 spiro atoms. The molecule has 1 aliphatic carbocycles. The minimum Gasteiger partial charge on any atom is -0.396 e. The number of benzene rings is 1. The van der Waals surface area contributed by atoms with Gasteiger partial charge in [-0.1, -0.05) is 28.1 Å². The molecular formula is C17H21BrN4O. The fourth-order valence-corrected chi connectivity index (χ4v) is 2.79. The monoisotopic (exact) mass is 376 g/mol. The summed E-state index contributed by atoms with van der Waals surface area (Å²) >= 11 is 3.49. The van der Waals surface area contributed by atoms with Crippen LogP contribution >= 0.6 is 15.9 Å². The summed E-state index contributed by atoms with van der Waals surface area (Å²) in [5.41, 5.74) is 2.30. The van der Waals surface area contributed by atoms with Crippen LogP contribution in [0.15, 0.2) is 34.8 Å². The summed E-state index contributed by atoms with van der Waals surface area (Å²) in [6.07, 6.45) is 3.11. The highest BCUT2D eigenvalue weighted by molar-refractivity contribution is 9.10. The number of hydrogen-bond acceptors (Lipinski definition) is 5. The van der Waals surface area contributed by atoms with Crippen molar-refractivity contribution in [2.75, 3.05) is 23.8 Å². The predicted molar refractivity (Wildman–Crippen MR) is 95.7 cm³/mol. The van der Waals surface area contributed by atoms with E-state index >= 15 is 0 Å². The predicted octanol–water partition coefficient (Wildman–Crippen LogP) is 3.52. The van der Waals surface area contributed by atoms with E-state index in [1.165, 1.54) is 18.4 Å². The van der Waals surface area contributed by atoms with E-state index < -0.39 is 0 Å². The van der Waals surface area contributed by atoms with Crippen molar-refractivity contribution in [3.8, 4) is 0 Å². The summed E-state index contributed by atoms with van der Waals surface area (Å²) in [6.45, 7) is 1.57. The first-order chi connectivity index (χ1) is 11.2. The van der Waals surface area contributed by atoms with Crippen LogP contribution in [-0.2, 0) is 6.54 Å². The van der Waals surface area contributed by atoms with Gasteiger partial charge in [-0.3, -0.25) is 0 Å². The Morgan fingerprint density at radius 2 is 2.04 bits per heavy atom. The molecule has 0 atom stereocenters. The zero-order valence-electron chi connectivity index (χ0n) is 12.9. The van der Waals surface area contributed by atoms with Crippen molar-refractivity contribution in [1.29, 1.82) is 0 Å². The molecule has 1 aromatic heterocycles. The van der Waals surface area contributed by atoms with E-state index in [1.807, 2.05) is 18.2 Å². The third-order valence-corrected chi connectivity index (χ3v) is 4.22. The molecule has 122 valence electrons. The average molecular weight is 377 g/mol. The number of halogens is 1. The van der Waals surface area contributed by atoms with Gasteiger partial charge < -0.3 is 15.7 Å². The number of anilines is 2. The fourth-order valence-electron chi connectivity index (χ4n) is 2.34. The molecule has 0 radical (unpaired) electrons. The van der Waals surface area contributed by atoms with Crippen LogP contribution in [0.25, 0.3) is 0 Å². The maximum absolute atomic E-state index is 8.89. The molecule has 1 fully saturated rings. The van der Waals surface area contributed by atoms with Crippen LogP contribution in [0.2, 0.25) is 0 Å². The number of aliphatic hydroxyl groups is 1. The topological polar surface area (TPSA) is 70.1 Å². The Kier molecular flexibility index (Phi) is 5.46. The number of rotatable bonds is 8. The maximum atomic E-state index is 8.89. The van der Waals surface area contributed by atoms with E-state index in [9.17, 15) is 0 Å². The highest BCUT2D eigenvalue weighted by Gasteiger charge is 2.26. The standard InChI is InChI=1S/C17H21BrN4O/c18-14-4-1-3-12(9-14)11-20-16-10-15(13-5-6-13)21-17(22-16)19-7-2-8-23/h1,3-4,9-10,13,23H,2,5-8,11H2,(H2,19,20,21,22). The summed E-state index contributed by atoms with van der Waals surface area (Å²) < 4.78 is 1.07. The number of nitrogens with zero attached hydrogens (tertiary/aromatic N) is 2. The second-order valence-corrected chi connectivity index (χ2v) is 6.68.